The Morgan fingerprint density at radius 2 is 1.86 bits per heavy atom. The molecule has 5 nitrogen and oxygen atoms in total. The zero-order chi connectivity index (χ0) is 15.7. The molecule has 1 heterocycles. The van der Waals surface area contributed by atoms with Crippen molar-refractivity contribution in [3.8, 4) is 17.5 Å². The molecule has 22 heavy (non-hydrogen) atoms. The molecule has 5 heteroatoms. The van der Waals surface area contributed by atoms with E-state index in [0.717, 1.165) is 22.5 Å². The van der Waals surface area contributed by atoms with Gasteiger partial charge in [0.15, 0.2) is 0 Å². The molecule has 0 N–H and O–H groups in total. The van der Waals surface area contributed by atoms with Crippen LogP contribution in [0.5, 0.6) is 5.75 Å². The molecule has 0 radical (unpaired) electrons. The number of hydrogen-bond acceptors (Lipinski definition) is 3. The van der Waals surface area contributed by atoms with Crippen molar-refractivity contribution in [1.29, 1.82) is 5.26 Å². The van der Waals surface area contributed by atoms with Crippen LogP contribution in [0.15, 0.2) is 47.3 Å². The standard InChI is InChI=1S/C17H15N3O2/c1-3-22-14-7-5-13(6-8-14)20-15-9-4-12(11-18)10-16(15)19(2)17(20)21/h4-10H,3H2,1-2H3. The zero-order valence-corrected chi connectivity index (χ0v) is 12.4. The average molecular weight is 293 g/mol. The number of rotatable bonds is 3. The fraction of sp³-hybridized carbons (Fsp3) is 0.176. The summed E-state index contributed by atoms with van der Waals surface area (Å²) in [5, 5.41) is 9.00. The van der Waals surface area contributed by atoms with Gasteiger partial charge in [0, 0.05) is 7.05 Å². The summed E-state index contributed by atoms with van der Waals surface area (Å²) in [6.45, 7) is 2.53. The second kappa shape index (κ2) is 5.41. The zero-order valence-electron chi connectivity index (χ0n) is 12.4. The van der Waals surface area contributed by atoms with Crippen LogP contribution < -0.4 is 10.4 Å². The summed E-state index contributed by atoms with van der Waals surface area (Å²) >= 11 is 0. The fourth-order valence-electron chi connectivity index (χ4n) is 2.51. The molecule has 0 aliphatic rings. The van der Waals surface area contributed by atoms with E-state index in [1.54, 1.807) is 34.4 Å². The van der Waals surface area contributed by atoms with E-state index in [9.17, 15) is 4.79 Å². The van der Waals surface area contributed by atoms with Gasteiger partial charge >= 0.3 is 5.69 Å². The predicted octanol–water partition coefficient (Wildman–Crippen LogP) is 2.60. The van der Waals surface area contributed by atoms with Crippen LogP contribution in [-0.4, -0.2) is 15.7 Å². The number of benzene rings is 2. The first-order valence-corrected chi connectivity index (χ1v) is 7.00. The lowest BCUT2D eigenvalue weighted by molar-refractivity contribution is 0.340. The van der Waals surface area contributed by atoms with Gasteiger partial charge in [-0.15, -0.1) is 0 Å². The molecule has 0 atom stereocenters. The van der Waals surface area contributed by atoms with Gasteiger partial charge in [-0.1, -0.05) is 0 Å². The molecule has 0 aliphatic carbocycles. The molecule has 3 rings (SSSR count). The summed E-state index contributed by atoms with van der Waals surface area (Å²) < 4.78 is 8.60. The van der Waals surface area contributed by atoms with Gasteiger partial charge < -0.3 is 4.74 Å². The topological polar surface area (TPSA) is 59.9 Å². The maximum absolute atomic E-state index is 12.5. The Morgan fingerprint density at radius 1 is 1.14 bits per heavy atom. The highest BCUT2D eigenvalue weighted by atomic mass is 16.5. The second-order valence-corrected chi connectivity index (χ2v) is 4.92. The molecule has 0 bridgehead atoms. The molecule has 0 saturated carbocycles. The molecule has 2 aromatic carbocycles. The summed E-state index contributed by atoms with van der Waals surface area (Å²) in [5.41, 5.74) is 2.67. The first-order valence-electron chi connectivity index (χ1n) is 7.00. The smallest absolute Gasteiger partial charge is 0.333 e. The largest absolute Gasteiger partial charge is 0.494 e. The fourth-order valence-corrected chi connectivity index (χ4v) is 2.51. The quantitative estimate of drug-likeness (QED) is 0.745. The number of aryl methyl sites for hydroxylation is 1. The number of hydrogen-bond donors (Lipinski definition) is 0. The van der Waals surface area contributed by atoms with Crippen molar-refractivity contribution in [3.63, 3.8) is 0 Å². The Kier molecular flexibility index (Phi) is 3.43. The van der Waals surface area contributed by atoms with E-state index >= 15 is 0 Å². The maximum Gasteiger partial charge on any atom is 0.333 e. The van der Waals surface area contributed by atoms with E-state index in [1.807, 2.05) is 31.2 Å². The van der Waals surface area contributed by atoms with Crippen molar-refractivity contribution in [2.75, 3.05) is 6.61 Å². The van der Waals surface area contributed by atoms with Gasteiger partial charge in [0.05, 0.1) is 35.0 Å². The van der Waals surface area contributed by atoms with Crippen LogP contribution >= 0.6 is 0 Å². The van der Waals surface area contributed by atoms with E-state index in [0.29, 0.717) is 12.2 Å². The van der Waals surface area contributed by atoms with Crippen molar-refractivity contribution < 1.29 is 4.74 Å². The number of ether oxygens (including phenoxy) is 1. The number of imidazole rings is 1. The van der Waals surface area contributed by atoms with Gasteiger partial charge in [-0.3, -0.25) is 9.13 Å². The molecular formula is C17H15N3O2. The summed E-state index contributed by atoms with van der Waals surface area (Å²) in [4.78, 5) is 12.5. The van der Waals surface area contributed by atoms with E-state index in [4.69, 9.17) is 10.00 Å². The van der Waals surface area contributed by atoms with E-state index in [2.05, 4.69) is 6.07 Å². The first kappa shape index (κ1) is 14.0. The lowest BCUT2D eigenvalue weighted by atomic mass is 10.2. The van der Waals surface area contributed by atoms with Gasteiger partial charge in [-0.25, -0.2) is 4.79 Å². The Labute approximate surface area is 127 Å². The lowest BCUT2D eigenvalue weighted by Gasteiger charge is -2.06. The minimum absolute atomic E-state index is 0.144. The third-order valence-electron chi connectivity index (χ3n) is 3.59. The van der Waals surface area contributed by atoms with E-state index in [-0.39, 0.29) is 5.69 Å². The van der Waals surface area contributed by atoms with E-state index in [1.165, 1.54) is 0 Å². The van der Waals surface area contributed by atoms with Gasteiger partial charge in [0.1, 0.15) is 5.75 Å². The van der Waals surface area contributed by atoms with Crippen molar-refractivity contribution in [2.45, 2.75) is 6.92 Å². The second-order valence-electron chi connectivity index (χ2n) is 4.92. The molecule has 0 unspecified atom stereocenters. The lowest BCUT2D eigenvalue weighted by Crippen LogP contribution is -2.20. The Bertz CT molecular complexity index is 927. The van der Waals surface area contributed by atoms with E-state index < -0.39 is 0 Å². The normalized spacial score (nSPS) is 10.6. The Morgan fingerprint density at radius 3 is 2.50 bits per heavy atom. The molecule has 0 spiro atoms. The third-order valence-corrected chi connectivity index (χ3v) is 3.59. The molecule has 0 saturated heterocycles. The third kappa shape index (κ3) is 2.15. The maximum atomic E-state index is 12.5. The SMILES string of the molecule is CCOc1ccc(-n2c(=O)n(C)c3cc(C#N)ccc32)cc1. The molecule has 3 aromatic rings. The van der Waals surface area contributed by atoms with Crippen LogP contribution in [0.4, 0.5) is 0 Å². The number of fused-ring (bicyclic) bond motifs is 1. The summed E-state index contributed by atoms with van der Waals surface area (Å²) in [6.07, 6.45) is 0. The average Bonchev–Trinajstić information content (AvgIpc) is 2.80. The Balaban J connectivity index is 2.20. The van der Waals surface area contributed by atoms with Gasteiger partial charge in [0.25, 0.3) is 0 Å². The highest BCUT2D eigenvalue weighted by molar-refractivity contribution is 5.79. The van der Waals surface area contributed by atoms with Crippen molar-refractivity contribution in [3.05, 3.63) is 58.5 Å². The van der Waals surface area contributed by atoms with Crippen LogP contribution in [0.25, 0.3) is 16.7 Å². The van der Waals surface area contributed by atoms with Crippen molar-refractivity contribution in [2.24, 2.45) is 7.05 Å². The van der Waals surface area contributed by atoms with Crippen molar-refractivity contribution in [1.82, 2.24) is 9.13 Å². The minimum atomic E-state index is -0.144. The molecule has 0 amide bonds. The van der Waals surface area contributed by atoms with Crippen LogP contribution in [0.1, 0.15) is 12.5 Å². The highest BCUT2D eigenvalue weighted by Gasteiger charge is 2.12. The number of nitrogens with zero attached hydrogens (tertiary/aromatic N) is 3. The molecule has 0 fully saturated rings. The Hall–Kier alpha value is -3.00. The number of aromatic nitrogens is 2. The summed E-state index contributed by atoms with van der Waals surface area (Å²) in [5.74, 6) is 0.770. The number of nitriles is 1. The monoisotopic (exact) mass is 293 g/mol. The van der Waals surface area contributed by atoms with Gasteiger partial charge in [-0.2, -0.15) is 5.26 Å². The van der Waals surface area contributed by atoms with Crippen LogP contribution in [0.3, 0.4) is 0 Å². The highest BCUT2D eigenvalue weighted by Crippen LogP contribution is 2.20. The van der Waals surface area contributed by atoms with Gasteiger partial charge in [-0.05, 0) is 49.4 Å². The van der Waals surface area contributed by atoms with Crippen LogP contribution in [-0.2, 0) is 7.05 Å². The molecule has 0 aliphatic heterocycles. The molecule has 110 valence electrons. The molecular weight excluding hydrogens is 278 g/mol. The van der Waals surface area contributed by atoms with Gasteiger partial charge in [0.2, 0.25) is 0 Å². The van der Waals surface area contributed by atoms with Crippen LogP contribution in [0.2, 0.25) is 0 Å². The summed E-state index contributed by atoms with van der Waals surface area (Å²) in [7, 11) is 1.71. The van der Waals surface area contributed by atoms with Crippen LogP contribution in [0, 0.1) is 11.3 Å². The molecule has 1 aromatic heterocycles. The predicted molar refractivity (Wildman–Crippen MR) is 84.4 cm³/mol. The minimum Gasteiger partial charge on any atom is -0.494 e. The summed E-state index contributed by atoms with van der Waals surface area (Å²) in [6, 6.07) is 14.7. The first-order chi connectivity index (χ1) is 10.7. The van der Waals surface area contributed by atoms with Crippen molar-refractivity contribution >= 4 is 11.0 Å².